The summed E-state index contributed by atoms with van der Waals surface area (Å²) >= 11 is 0. The Kier molecular flexibility index (Phi) is 5.55. The summed E-state index contributed by atoms with van der Waals surface area (Å²) in [5.74, 6) is -11.3. The van der Waals surface area contributed by atoms with Gasteiger partial charge in [0.1, 0.15) is 0 Å². The molecule has 2 aromatic heterocycles. The maximum absolute atomic E-state index is 13.9. The Labute approximate surface area is 163 Å². The topological polar surface area (TPSA) is 64.7 Å². The first-order valence-corrected chi connectivity index (χ1v) is 8.21. The highest BCUT2D eigenvalue weighted by Gasteiger charge is 2.27. The molecule has 160 valence electrons. The van der Waals surface area contributed by atoms with Gasteiger partial charge in [0, 0.05) is 6.20 Å². The van der Waals surface area contributed by atoms with E-state index in [1.165, 1.54) is 13.8 Å². The predicted molar refractivity (Wildman–Crippen MR) is 88.5 cm³/mol. The molecule has 0 atom stereocenters. The number of alkyl halides is 2. The van der Waals surface area contributed by atoms with Crippen LogP contribution in [0.4, 0.5) is 36.4 Å². The number of nitrogens with zero attached hydrogens (tertiary/aromatic N) is 4. The highest BCUT2D eigenvalue weighted by atomic mass is 19.3. The Morgan fingerprint density at radius 1 is 1.00 bits per heavy atom. The number of anilines is 1. The fourth-order valence-corrected chi connectivity index (χ4v) is 2.72. The molecule has 0 spiro atoms. The lowest BCUT2D eigenvalue weighted by atomic mass is 10.1. The maximum atomic E-state index is 13.9. The number of aryl methyl sites for hydroxylation is 1. The number of amides is 1. The summed E-state index contributed by atoms with van der Waals surface area (Å²) in [5.41, 5.74) is -1.10. The van der Waals surface area contributed by atoms with E-state index in [0.29, 0.717) is 0 Å². The van der Waals surface area contributed by atoms with Crippen molar-refractivity contribution in [2.75, 3.05) is 5.32 Å². The summed E-state index contributed by atoms with van der Waals surface area (Å²) in [4.78, 5) is 12.2. The van der Waals surface area contributed by atoms with Crippen LogP contribution < -0.4 is 5.32 Å². The van der Waals surface area contributed by atoms with Crippen LogP contribution in [0.2, 0.25) is 0 Å². The first-order valence-electron chi connectivity index (χ1n) is 8.21. The van der Waals surface area contributed by atoms with Gasteiger partial charge in [-0.2, -0.15) is 19.0 Å². The SMILES string of the molecule is Cc1nn(Cc2c(F)c(F)c(F)c(F)c2F)c(C)c1NC(=O)c1ccn(C(F)F)n1. The zero-order valence-electron chi connectivity index (χ0n) is 15.3. The minimum atomic E-state index is -2.95. The molecule has 3 aromatic rings. The molecule has 3 rings (SSSR count). The van der Waals surface area contributed by atoms with E-state index < -0.39 is 53.7 Å². The highest BCUT2D eigenvalue weighted by molar-refractivity contribution is 6.03. The predicted octanol–water partition coefficient (Wildman–Crippen LogP) is 4.09. The van der Waals surface area contributed by atoms with E-state index in [2.05, 4.69) is 15.5 Å². The first kappa shape index (κ1) is 21.3. The largest absolute Gasteiger partial charge is 0.333 e. The maximum Gasteiger partial charge on any atom is 0.333 e. The van der Waals surface area contributed by atoms with Crippen molar-refractivity contribution in [3.8, 4) is 0 Å². The Morgan fingerprint density at radius 3 is 2.10 bits per heavy atom. The van der Waals surface area contributed by atoms with Crippen LogP contribution in [0.25, 0.3) is 0 Å². The molecule has 0 radical (unpaired) electrons. The summed E-state index contributed by atoms with van der Waals surface area (Å²) in [6.07, 6.45) is 0.895. The van der Waals surface area contributed by atoms with Gasteiger partial charge >= 0.3 is 6.55 Å². The number of benzene rings is 1. The molecule has 0 aliphatic carbocycles. The molecule has 1 aromatic carbocycles. The fraction of sp³-hybridized carbons (Fsp3) is 0.235. The molecule has 0 bridgehead atoms. The normalized spacial score (nSPS) is 11.4. The zero-order chi connectivity index (χ0) is 22.3. The number of rotatable bonds is 5. The number of hydrogen-bond donors (Lipinski definition) is 1. The van der Waals surface area contributed by atoms with Gasteiger partial charge in [-0.1, -0.05) is 0 Å². The average molecular weight is 435 g/mol. The van der Waals surface area contributed by atoms with E-state index in [1.54, 1.807) is 0 Å². The summed E-state index contributed by atoms with van der Waals surface area (Å²) < 4.78 is 94.2. The van der Waals surface area contributed by atoms with E-state index in [0.717, 1.165) is 16.9 Å². The molecule has 0 aliphatic heterocycles. The molecule has 1 N–H and O–H groups in total. The van der Waals surface area contributed by atoms with Gasteiger partial charge < -0.3 is 5.32 Å². The highest BCUT2D eigenvalue weighted by Crippen LogP contribution is 2.26. The van der Waals surface area contributed by atoms with Gasteiger partial charge in [-0.25, -0.2) is 26.6 Å². The van der Waals surface area contributed by atoms with Crippen molar-refractivity contribution in [1.82, 2.24) is 19.6 Å². The quantitative estimate of drug-likeness (QED) is 0.373. The van der Waals surface area contributed by atoms with E-state index >= 15 is 0 Å². The molecule has 0 unspecified atom stereocenters. The number of hydrogen-bond acceptors (Lipinski definition) is 3. The molecular weight excluding hydrogens is 423 g/mol. The van der Waals surface area contributed by atoms with E-state index in [1.807, 2.05) is 0 Å². The van der Waals surface area contributed by atoms with E-state index in [-0.39, 0.29) is 27.5 Å². The third-order valence-corrected chi connectivity index (χ3v) is 4.27. The van der Waals surface area contributed by atoms with Gasteiger partial charge in [-0.05, 0) is 19.9 Å². The average Bonchev–Trinajstić information content (AvgIpc) is 3.29. The summed E-state index contributed by atoms with van der Waals surface area (Å²) in [5, 5.41) is 9.71. The Balaban J connectivity index is 1.91. The van der Waals surface area contributed by atoms with Crippen LogP contribution in [0.15, 0.2) is 12.3 Å². The molecule has 2 heterocycles. The van der Waals surface area contributed by atoms with Gasteiger partial charge in [0.2, 0.25) is 5.82 Å². The van der Waals surface area contributed by atoms with Gasteiger partial charge in [0.15, 0.2) is 29.0 Å². The molecule has 13 heteroatoms. The van der Waals surface area contributed by atoms with Crippen LogP contribution in [0.1, 0.15) is 34.0 Å². The monoisotopic (exact) mass is 435 g/mol. The molecule has 0 fully saturated rings. The number of carbonyl (C=O) groups excluding carboxylic acids is 1. The lowest BCUT2D eigenvalue weighted by molar-refractivity contribution is 0.0561. The number of carbonyl (C=O) groups is 1. The standard InChI is InChI=1S/C17H12F7N5O/c1-6-15(25-16(30)9-3-4-28(27-9)17(23)24)7(2)29(26-6)5-8-10(18)12(20)14(22)13(21)11(8)19/h3-4,17H,5H2,1-2H3,(H,25,30). The van der Waals surface area contributed by atoms with Crippen molar-refractivity contribution in [3.63, 3.8) is 0 Å². The molecule has 0 saturated carbocycles. The van der Waals surface area contributed by atoms with Crippen molar-refractivity contribution >= 4 is 11.6 Å². The third kappa shape index (κ3) is 3.62. The lowest BCUT2D eigenvalue weighted by Gasteiger charge is -2.10. The lowest BCUT2D eigenvalue weighted by Crippen LogP contribution is -2.15. The van der Waals surface area contributed by atoms with Gasteiger partial charge in [0.05, 0.1) is 29.2 Å². The smallest absolute Gasteiger partial charge is 0.317 e. The Bertz CT molecular complexity index is 1110. The third-order valence-electron chi connectivity index (χ3n) is 4.27. The van der Waals surface area contributed by atoms with Crippen LogP contribution >= 0.6 is 0 Å². The van der Waals surface area contributed by atoms with Gasteiger partial charge in [0.25, 0.3) is 5.91 Å². The summed E-state index contributed by atoms with van der Waals surface area (Å²) in [6, 6.07) is 1.05. The van der Waals surface area contributed by atoms with E-state index in [9.17, 15) is 35.5 Å². The molecule has 0 saturated heterocycles. The second kappa shape index (κ2) is 7.80. The molecule has 0 aliphatic rings. The second-order valence-corrected chi connectivity index (χ2v) is 6.16. The Hall–Kier alpha value is -3.38. The number of aromatic nitrogens is 4. The molecule has 30 heavy (non-hydrogen) atoms. The number of nitrogens with one attached hydrogen (secondary N) is 1. The Morgan fingerprint density at radius 2 is 1.57 bits per heavy atom. The van der Waals surface area contributed by atoms with Crippen molar-refractivity contribution in [2.45, 2.75) is 26.9 Å². The minimum absolute atomic E-state index is 0.0652. The van der Waals surface area contributed by atoms with Crippen LogP contribution in [-0.2, 0) is 6.54 Å². The van der Waals surface area contributed by atoms with Crippen molar-refractivity contribution in [2.24, 2.45) is 0 Å². The number of halogens is 7. The zero-order valence-corrected chi connectivity index (χ0v) is 15.3. The van der Waals surface area contributed by atoms with E-state index in [4.69, 9.17) is 0 Å². The van der Waals surface area contributed by atoms with Crippen molar-refractivity contribution in [3.05, 3.63) is 64.0 Å². The van der Waals surface area contributed by atoms with Crippen molar-refractivity contribution in [1.29, 1.82) is 0 Å². The van der Waals surface area contributed by atoms with Crippen LogP contribution in [0, 0.1) is 42.9 Å². The van der Waals surface area contributed by atoms with Gasteiger partial charge in [-0.3, -0.25) is 9.48 Å². The summed E-state index contributed by atoms with van der Waals surface area (Å²) in [7, 11) is 0. The van der Waals surface area contributed by atoms with Crippen molar-refractivity contribution < 1.29 is 35.5 Å². The van der Waals surface area contributed by atoms with Crippen LogP contribution in [0.3, 0.4) is 0 Å². The molecule has 6 nitrogen and oxygen atoms in total. The second-order valence-electron chi connectivity index (χ2n) is 6.16. The van der Waals surface area contributed by atoms with Crippen LogP contribution in [-0.4, -0.2) is 25.5 Å². The summed E-state index contributed by atoms with van der Waals surface area (Å²) in [6.45, 7) is -0.970. The molecular formula is C17H12F7N5O. The minimum Gasteiger partial charge on any atom is -0.317 e. The molecule has 1 amide bonds. The van der Waals surface area contributed by atoms with Crippen LogP contribution in [0.5, 0.6) is 0 Å². The first-order chi connectivity index (χ1) is 14.0. The van der Waals surface area contributed by atoms with Gasteiger partial charge in [-0.15, -0.1) is 0 Å². The fourth-order valence-electron chi connectivity index (χ4n) is 2.72.